The molecule has 1 aliphatic rings. The van der Waals surface area contributed by atoms with Gasteiger partial charge in [0.25, 0.3) is 11.8 Å². The molecule has 8 heteroatoms. The molecule has 0 unspecified atom stereocenters. The molecule has 1 saturated heterocycles. The molecule has 1 heterocycles. The Kier molecular flexibility index (Phi) is 6.88. The van der Waals surface area contributed by atoms with Gasteiger partial charge < -0.3 is 20.1 Å². The Morgan fingerprint density at radius 3 is 2.38 bits per heavy atom. The zero-order valence-corrected chi connectivity index (χ0v) is 18.5. The maximum atomic E-state index is 12.7. The number of hydrogen-bond acceptors (Lipinski definition) is 5. The van der Waals surface area contributed by atoms with Crippen LogP contribution in [0.25, 0.3) is 6.08 Å². The number of benzene rings is 3. The molecule has 0 aromatic heterocycles. The van der Waals surface area contributed by atoms with E-state index in [0.717, 1.165) is 10.5 Å². The van der Waals surface area contributed by atoms with Crippen molar-refractivity contribution in [3.05, 3.63) is 95.7 Å². The molecule has 4 rings (SSSR count). The Bertz CT molecular complexity index is 1230. The summed E-state index contributed by atoms with van der Waals surface area (Å²) in [5.41, 5.74) is 2.32. The third-order valence-electron chi connectivity index (χ3n) is 5.06. The lowest BCUT2D eigenvalue weighted by Crippen LogP contribution is -2.30. The Balaban J connectivity index is 1.42. The Labute approximate surface area is 196 Å². The van der Waals surface area contributed by atoms with Crippen molar-refractivity contribution in [1.29, 1.82) is 0 Å². The second-order valence-corrected chi connectivity index (χ2v) is 7.48. The number of carbonyl (C=O) groups excluding carboxylic acids is 3. The summed E-state index contributed by atoms with van der Waals surface area (Å²) in [5, 5.41) is 5.35. The molecule has 0 atom stereocenters. The third kappa shape index (κ3) is 5.42. The van der Waals surface area contributed by atoms with Gasteiger partial charge in [0.2, 0.25) is 0 Å². The monoisotopic (exact) mass is 457 g/mol. The average molecular weight is 457 g/mol. The number of imide groups is 1. The molecule has 3 aromatic rings. The van der Waals surface area contributed by atoms with E-state index >= 15 is 0 Å². The van der Waals surface area contributed by atoms with Gasteiger partial charge in [-0.05, 0) is 41.5 Å². The summed E-state index contributed by atoms with van der Waals surface area (Å²) in [5.74, 6) is 0.0445. The van der Waals surface area contributed by atoms with E-state index in [9.17, 15) is 14.4 Å². The fourth-order valence-corrected chi connectivity index (χ4v) is 3.40. The van der Waals surface area contributed by atoms with Crippen molar-refractivity contribution in [2.75, 3.05) is 19.0 Å². The average Bonchev–Trinajstić information content (AvgIpc) is 3.11. The largest absolute Gasteiger partial charge is 0.493 e. The molecule has 3 aromatic carbocycles. The Hall–Kier alpha value is -4.59. The van der Waals surface area contributed by atoms with Crippen LogP contribution in [-0.2, 0) is 16.1 Å². The molecule has 0 radical (unpaired) electrons. The maximum absolute atomic E-state index is 12.7. The number of rotatable bonds is 8. The van der Waals surface area contributed by atoms with Crippen molar-refractivity contribution in [2.24, 2.45) is 0 Å². The topological polar surface area (TPSA) is 97.0 Å². The predicted octanol–water partition coefficient (Wildman–Crippen LogP) is 3.81. The van der Waals surface area contributed by atoms with Gasteiger partial charge in [-0.1, -0.05) is 54.6 Å². The Morgan fingerprint density at radius 1 is 0.971 bits per heavy atom. The second kappa shape index (κ2) is 10.4. The maximum Gasteiger partial charge on any atom is 0.329 e. The van der Waals surface area contributed by atoms with Crippen LogP contribution >= 0.6 is 0 Å². The molecule has 172 valence electrons. The van der Waals surface area contributed by atoms with Crippen LogP contribution in [0.4, 0.5) is 10.5 Å². The van der Waals surface area contributed by atoms with Gasteiger partial charge in [0, 0.05) is 5.69 Å². The van der Waals surface area contributed by atoms with Gasteiger partial charge >= 0.3 is 6.03 Å². The van der Waals surface area contributed by atoms with Gasteiger partial charge in [0.15, 0.2) is 18.1 Å². The number of anilines is 1. The summed E-state index contributed by atoms with van der Waals surface area (Å²) >= 11 is 0. The molecule has 0 saturated carbocycles. The third-order valence-corrected chi connectivity index (χ3v) is 5.06. The Morgan fingerprint density at radius 2 is 1.68 bits per heavy atom. The fraction of sp³-hybridized carbons (Fsp3) is 0.115. The highest BCUT2D eigenvalue weighted by atomic mass is 16.5. The normalized spacial score (nSPS) is 14.1. The first-order valence-corrected chi connectivity index (χ1v) is 10.6. The van der Waals surface area contributed by atoms with Crippen LogP contribution in [0.1, 0.15) is 11.1 Å². The number of ether oxygens (including phenoxy) is 2. The smallest absolute Gasteiger partial charge is 0.329 e. The summed E-state index contributed by atoms with van der Waals surface area (Å²) in [6.45, 7) is -0.0152. The van der Waals surface area contributed by atoms with Gasteiger partial charge in [-0.3, -0.25) is 14.5 Å². The summed E-state index contributed by atoms with van der Waals surface area (Å²) in [6, 6.07) is 22.9. The minimum Gasteiger partial charge on any atom is -0.493 e. The van der Waals surface area contributed by atoms with Crippen molar-refractivity contribution >= 4 is 29.6 Å². The molecule has 0 aliphatic carbocycles. The van der Waals surface area contributed by atoms with Crippen molar-refractivity contribution in [3.63, 3.8) is 0 Å². The SMILES string of the molecule is COc1cc(/C=C2\NC(=O)N(Cc3ccccc3)C2=O)ccc1OCC(=O)Nc1ccccc1. The number of nitrogens with one attached hydrogen (secondary N) is 2. The fourth-order valence-electron chi connectivity index (χ4n) is 3.40. The lowest BCUT2D eigenvalue weighted by molar-refractivity contribution is -0.123. The van der Waals surface area contributed by atoms with Crippen LogP contribution < -0.4 is 20.1 Å². The van der Waals surface area contributed by atoms with E-state index in [0.29, 0.717) is 22.7 Å². The first kappa shape index (κ1) is 22.6. The van der Waals surface area contributed by atoms with Crippen molar-refractivity contribution < 1.29 is 23.9 Å². The minimum atomic E-state index is -0.476. The van der Waals surface area contributed by atoms with E-state index in [1.807, 2.05) is 48.5 Å². The van der Waals surface area contributed by atoms with Gasteiger partial charge in [-0.25, -0.2) is 4.79 Å². The highest BCUT2D eigenvalue weighted by molar-refractivity contribution is 6.13. The number of hydrogen-bond donors (Lipinski definition) is 2. The number of amides is 4. The molecular formula is C26H23N3O5. The highest BCUT2D eigenvalue weighted by Gasteiger charge is 2.33. The van der Waals surface area contributed by atoms with Gasteiger partial charge in [0.1, 0.15) is 5.70 Å². The molecule has 0 spiro atoms. The lowest BCUT2D eigenvalue weighted by atomic mass is 10.1. The van der Waals surface area contributed by atoms with Gasteiger partial charge in [-0.15, -0.1) is 0 Å². The van der Waals surface area contributed by atoms with Crippen LogP contribution in [0, 0.1) is 0 Å². The number of para-hydroxylation sites is 1. The van der Waals surface area contributed by atoms with Crippen LogP contribution in [0.5, 0.6) is 11.5 Å². The predicted molar refractivity (Wildman–Crippen MR) is 127 cm³/mol. The quantitative estimate of drug-likeness (QED) is 0.396. The summed E-state index contributed by atoms with van der Waals surface area (Å²) in [6.07, 6.45) is 1.57. The van der Waals surface area contributed by atoms with E-state index in [1.165, 1.54) is 7.11 Å². The summed E-state index contributed by atoms with van der Waals surface area (Å²) < 4.78 is 11.0. The lowest BCUT2D eigenvalue weighted by Gasteiger charge is -2.12. The molecule has 34 heavy (non-hydrogen) atoms. The van der Waals surface area contributed by atoms with Crippen LogP contribution in [-0.4, -0.2) is 36.5 Å². The first-order chi connectivity index (χ1) is 16.5. The summed E-state index contributed by atoms with van der Waals surface area (Å²) in [7, 11) is 1.48. The molecular weight excluding hydrogens is 434 g/mol. The van der Waals surface area contributed by atoms with Crippen LogP contribution in [0.3, 0.4) is 0 Å². The minimum absolute atomic E-state index is 0.166. The van der Waals surface area contributed by atoms with Crippen molar-refractivity contribution in [2.45, 2.75) is 6.54 Å². The standard InChI is InChI=1S/C26H23N3O5/c1-33-23-15-19(12-13-22(23)34-17-24(30)27-20-10-6-3-7-11-20)14-21-25(31)29(26(32)28-21)16-18-8-4-2-5-9-18/h2-15H,16-17H2,1H3,(H,27,30)(H,28,32)/b21-14-. The van der Waals surface area contributed by atoms with E-state index in [-0.39, 0.29) is 24.8 Å². The van der Waals surface area contributed by atoms with E-state index in [4.69, 9.17) is 9.47 Å². The van der Waals surface area contributed by atoms with E-state index < -0.39 is 11.9 Å². The first-order valence-electron chi connectivity index (χ1n) is 10.6. The second-order valence-electron chi connectivity index (χ2n) is 7.48. The zero-order chi connectivity index (χ0) is 23.9. The van der Waals surface area contributed by atoms with Crippen molar-refractivity contribution in [3.8, 4) is 11.5 Å². The number of urea groups is 1. The van der Waals surface area contributed by atoms with E-state index in [2.05, 4.69) is 10.6 Å². The number of nitrogens with zero attached hydrogens (tertiary/aromatic N) is 1. The number of methoxy groups -OCH3 is 1. The van der Waals surface area contributed by atoms with Crippen LogP contribution in [0.2, 0.25) is 0 Å². The number of carbonyl (C=O) groups is 3. The zero-order valence-electron chi connectivity index (χ0n) is 18.5. The summed E-state index contributed by atoms with van der Waals surface area (Å²) in [4.78, 5) is 38.4. The molecule has 1 fully saturated rings. The highest BCUT2D eigenvalue weighted by Crippen LogP contribution is 2.29. The van der Waals surface area contributed by atoms with Crippen molar-refractivity contribution in [1.82, 2.24) is 10.2 Å². The molecule has 1 aliphatic heterocycles. The molecule has 8 nitrogen and oxygen atoms in total. The molecule has 0 bridgehead atoms. The van der Waals surface area contributed by atoms with Gasteiger partial charge in [-0.2, -0.15) is 0 Å². The van der Waals surface area contributed by atoms with E-state index in [1.54, 1.807) is 36.4 Å². The molecule has 4 amide bonds. The van der Waals surface area contributed by atoms with Crippen LogP contribution in [0.15, 0.2) is 84.6 Å². The molecule has 2 N–H and O–H groups in total. The van der Waals surface area contributed by atoms with Gasteiger partial charge in [0.05, 0.1) is 13.7 Å².